The van der Waals surface area contributed by atoms with Gasteiger partial charge in [-0.25, -0.2) is 0 Å². The fourth-order valence-electron chi connectivity index (χ4n) is 1.75. The SMILES string of the molecule is ClC(c1ccccc1)c1nc(-c2cncc(Br)c2)no1. The van der Waals surface area contributed by atoms with Gasteiger partial charge in [0.2, 0.25) is 11.7 Å². The van der Waals surface area contributed by atoms with E-state index in [9.17, 15) is 0 Å². The average molecular weight is 351 g/mol. The summed E-state index contributed by atoms with van der Waals surface area (Å²) in [6, 6.07) is 11.5. The van der Waals surface area contributed by atoms with Gasteiger partial charge >= 0.3 is 0 Å². The molecule has 0 saturated carbocycles. The third-order valence-corrected chi connectivity index (χ3v) is 3.59. The quantitative estimate of drug-likeness (QED) is 0.664. The van der Waals surface area contributed by atoms with Gasteiger partial charge in [-0.2, -0.15) is 4.98 Å². The topological polar surface area (TPSA) is 51.8 Å². The highest BCUT2D eigenvalue weighted by molar-refractivity contribution is 9.10. The van der Waals surface area contributed by atoms with E-state index >= 15 is 0 Å². The third-order valence-electron chi connectivity index (χ3n) is 2.71. The molecule has 1 atom stereocenters. The molecule has 0 fully saturated rings. The van der Waals surface area contributed by atoms with Gasteiger partial charge in [-0.3, -0.25) is 4.98 Å². The van der Waals surface area contributed by atoms with E-state index in [0.717, 1.165) is 15.6 Å². The molecule has 3 rings (SSSR count). The van der Waals surface area contributed by atoms with Crippen LogP contribution in [0.2, 0.25) is 0 Å². The fourth-order valence-corrected chi connectivity index (χ4v) is 2.35. The minimum absolute atomic E-state index is 0.368. The van der Waals surface area contributed by atoms with Crippen molar-refractivity contribution in [1.29, 1.82) is 0 Å². The van der Waals surface area contributed by atoms with Crippen LogP contribution in [0, 0.1) is 0 Å². The second-order valence-electron chi connectivity index (χ2n) is 4.12. The van der Waals surface area contributed by atoms with Crippen LogP contribution in [0.5, 0.6) is 0 Å². The summed E-state index contributed by atoms with van der Waals surface area (Å²) in [5.41, 5.74) is 1.68. The van der Waals surface area contributed by atoms with Gasteiger partial charge in [0.15, 0.2) is 0 Å². The zero-order valence-electron chi connectivity index (χ0n) is 10.2. The molecule has 0 radical (unpaired) electrons. The van der Waals surface area contributed by atoms with Crippen molar-refractivity contribution in [2.75, 3.05) is 0 Å². The predicted molar refractivity (Wildman–Crippen MR) is 79.4 cm³/mol. The van der Waals surface area contributed by atoms with E-state index < -0.39 is 5.38 Å². The van der Waals surface area contributed by atoms with E-state index in [1.54, 1.807) is 12.4 Å². The van der Waals surface area contributed by atoms with Gasteiger partial charge in [0.05, 0.1) is 0 Å². The lowest BCUT2D eigenvalue weighted by molar-refractivity contribution is 0.383. The van der Waals surface area contributed by atoms with Gasteiger partial charge in [0.25, 0.3) is 0 Å². The van der Waals surface area contributed by atoms with Gasteiger partial charge in [-0.15, -0.1) is 11.6 Å². The van der Waals surface area contributed by atoms with Crippen LogP contribution < -0.4 is 0 Å². The molecule has 0 aliphatic rings. The summed E-state index contributed by atoms with van der Waals surface area (Å²) >= 11 is 9.70. The molecule has 0 amide bonds. The summed E-state index contributed by atoms with van der Waals surface area (Å²) in [5, 5.41) is 3.48. The highest BCUT2D eigenvalue weighted by Crippen LogP contribution is 2.29. The smallest absolute Gasteiger partial charge is 0.249 e. The van der Waals surface area contributed by atoms with Crippen molar-refractivity contribution in [3.8, 4) is 11.4 Å². The van der Waals surface area contributed by atoms with Crippen molar-refractivity contribution < 1.29 is 4.52 Å². The number of halogens is 2. The monoisotopic (exact) mass is 349 g/mol. The van der Waals surface area contributed by atoms with Crippen molar-refractivity contribution in [3.63, 3.8) is 0 Å². The molecule has 4 nitrogen and oxygen atoms in total. The summed E-state index contributed by atoms with van der Waals surface area (Å²) in [4.78, 5) is 8.40. The van der Waals surface area contributed by atoms with E-state index in [0.29, 0.717) is 11.7 Å². The average Bonchev–Trinajstić information content (AvgIpc) is 2.97. The minimum atomic E-state index is -0.461. The molecule has 0 aliphatic carbocycles. The first-order valence-electron chi connectivity index (χ1n) is 5.87. The van der Waals surface area contributed by atoms with Gasteiger partial charge in [0.1, 0.15) is 5.38 Å². The number of alkyl halides is 1. The molecule has 0 saturated heterocycles. The lowest BCUT2D eigenvalue weighted by atomic mass is 10.1. The van der Waals surface area contributed by atoms with E-state index in [-0.39, 0.29) is 0 Å². The molecule has 2 heterocycles. The molecule has 1 aromatic carbocycles. The maximum Gasteiger partial charge on any atom is 0.249 e. The number of pyridine rings is 1. The molecule has 0 bridgehead atoms. The third kappa shape index (κ3) is 2.73. The van der Waals surface area contributed by atoms with Crippen molar-refractivity contribution in [1.82, 2.24) is 15.1 Å². The molecular formula is C14H9BrClN3O. The molecule has 0 N–H and O–H groups in total. The van der Waals surface area contributed by atoms with Crippen molar-refractivity contribution >= 4 is 27.5 Å². The van der Waals surface area contributed by atoms with E-state index in [1.165, 1.54) is 0 Å². The molecule has 0 aliphatic heterocycles. The van der Waals surface area contributed by atoms with Crippen LogP contribution >= 0.6 is 27.5 Å². The Balaban J connectivity index is 1.91. The van der Waals surface area contributed by atoms with Crippen LogP contribution in [0.1, 0.15) is 16.8 Å². The van der Waals surface area contributed by atoms with Crippen LogP contribution in [0.25, 0.3) is 11.4 Å². The van der Waals surface area contributed by atoms with Crippen LogP contribution in [0.4, 0.5) is 0 Å². The predicted octanol–water partition coefficient (Wildman–Crippen LogP) is 4.22. The Bertz CT molecular complexity index is 717. The lowest BCUT2D eigenvalue weighted by Gasteiger charge is -2.03. The number of benzene rings is 1. The first-order valence-corrected chi connectivity index (χ1v) is 7.10. The zero-order chi connectivity index (χ0) is 13.9. The molecular weight excluding hydrogens is 342 g/mol. The van der Waals surface area contributed by atoms with Gasteiger partial charge in [0, 0.05) is 22.4 Å². The number of nitrogens with zero attached hydrogens (tertiary/aromatic N) is 3. The van der Waals surface area contributed by atoms with Crippen molar-refractivity contribution in [2.24, 2.45) is 0 Å². The van der Waals surface area contributed by atoms with Crippen LogP contribution in [0.15, 0.2) is 57.8 Å². The summed E-state index contributed by atoms with van der Waals surface area (Å²) in [5.74, 6) is 0.836. The van der Waals surface area contributed by atoms with E-state index in [1.807, 2.05) is 36.4 Å². The number of hydrogen-bond donors (Lipinski definition) is 0. The molecule has 2 aromatic heterocycles. The summed E-state index contributed by atoms with van der Waals surface area (Å²) in [7, 11) is 0. The highest BCUT2D eigenvalue weighted by atomic mass is 79.9. The Hall–Kier alpha value is -1.72. The summed E-state index contributed by atoms with van der Waals surface area (Å²) in [6.45, 7) is 0. The first kappa shape index (κ1) is 13.3. The van der Waals surface area contributed by atoms with Crippen molar-refractivity contribution in [3.05, 3.63) is 64.7 Å². The Labute approximate surface area is 128 Å². The van der Waals surface area contributed by atoms with Crippen LogP contribution in [0.3, 0.4) is 0 Å². The molecule has 3 aromatic rings. The molecule has 1 unspecified atom stereocenters. The van der Waals surface area contributed by atoms with E-state index in [4.69, 9.17) is 16.1 Å². The van der Waals surface area contributed by atoms with E-state index in [2.05, 4.69) is 31.1 Å². The largest absolute Gasteiger partial charge is 0.337 e. The molecule has 100 valence electrons. The maximum atomic E-state index is 6.34. The Morgan fingerprint density at radius 2 is 1.95 bits per heavy atom. The summed E-state index contributed by atoms with van der Waals surface area (Å²) < 4.78 is 6.09. The highest BCUT2D eigenvalue weighted by Gasteiger charge is 2.19. The fraction of sp³-hybridized carbons (Fsp3) is 0.0714. The van der Waals surface area contributed by atoms with Gasteiger partial charge in [-0.1, -0.05) is 35.5 Å². The van der Waals surface area contributed by atoms with Crippen molar-refractivity contribution in [2.45, 2.75) is 5.38 Å². The number of rotatable bonds is 3. The molecule has 20 heavy (non-hydrogen) atoms. The number of aromatic nitrogens is 3. The molecule has 0 spiro atoms. The van der Waals surface area contributed by atoms with Gasteiger partial charge < -0.3 is 4.52 Å². The van der Waals surface area contributed by atoms with Crippen LogP contribution in [-0.4, -0.2) is 15.1 Å². The Kier molecular flexibility index (Phi) is 3.80. The lowest BCUT2D eigenvalue weighted by Crippen LogP contribution is -1.93. The summed E-state index contributed by atoms with van der Waals surface area (Å²) in [6.07, 6.45) is 3.37. The molecule has 6 heteroatoms. The normalized spacial score (nSPS) is 12.3. The number of hydrogen-bond acceptors (Lipinski definition) is 4. The minimum Gasteiger partial charge on any atom is -0.337 e. The second kappa shape index (κ2) is 5.73. The van der Waals surface area contributed by atoms with Crippen LogP contribution in [-0.2, 0) is 0 Å². The second-order valence-corrected chi connectivity index (χ2v) is 5.47. The van der Waals surface area contributed by atoms with Gasteiger partial charge in [-0.05, 0) is 27.6 Å². The standard InChI is InChI=1S/C14H9BrClN3O/c15-11-6-10(7-17-8-11)13-18-14(20-19-13)12(16)9-4-2-1-3-5-9/h1-8,12H. The maximum absolute atomic E-state index is 6.34. The first-order chi connectivity index (χ1) is 9.74. The zero-order valence-corrected chi connectivity index (χ0v) is 12.5. The Morgan fingerprint density at radius 1 is 1.15 bits per heavy atom. The Morgan fingerprint density at radius 3 is 2.70 bits per heavy atom.